The summed E-state index contributed by atoms with van der Waals surface area (Å²) in [7, 11) is 1.72. The second-order valence-corrected chi connectivity index (χ2v) is 16.6. The van der Waals surface area contributed by atoms with Gasteiger partial charge in [-0.05, 0) is 71.7 Å². The van der Waals surface area contributed by atoms with Crippen molar-refractivity contribution in [1.82, 2.24) is 15.2 Å². The monoisotopic (exact) mass is 797 g/mol. The van der Waals surface area contributed by atoms with Crippen LogP contribution < -0.4 is 5.32 Å². The number of nitrogens with zero attached hydrogens (tertiary/aromatic N) is 2. The summed E-state index contributed by atoms with van der Waals surface area (Å²) in [4.78, 5) is 61.7. The van der Waals surface area contributed by atoms with Crippen LogP contribution in [0.3, 0.4) is 0 Å². The van der Waals surface area contributed by atoms with E-state index < -0.39 is 102 Å². The van der Waals surface area contributed by atoms with E-state index in [-0.39, 0.29) is 31.8 Å². The van der Waals surface area contributed by atoms with Crippen LogP contribution >= 0.6 is 0 Å². The minimum Gasteiger partial charge on any atom is -0.458 e. The highest BCUT2D eigenvalue weighted by molar-refractivity contribution is 6.00. The van der Waals surface area contributed by atoms with Crippen LogP contribution in [0.4, 0.5) is 9.18 Å². The molecule has 2 N–H and O–H groups in total. The number of aliphatic hydroxyl groups is 1. The number of hydrogen-bond donors (Lipinski definition) is 2. The number of carbonyl (C=O) groups excluding carboxylic acids is 4. The molecule has 14 heteroatoms. The number of likely N-dealkylation sites (N-methyl/N-ethyl adjacent to an activating group) is 1. The number of rotatable bonds is 10. The van der Waals surface area contributed by atoms with Gasteiger partial charge < -0.3 is 34.1 Å². The number of Topliss-reactive ketones (excluding diaryl/α,β-unsaturated/α-hetero) is 2. The van der Waals surface area contributed by atoms with Crippen molar-refractivity contribution in [3.63, 3.8) is 0 Å². The standard InChI is InChI=1S/C43H60FN3O10/c1-10-33-43(8)37(46-41(52)57-43)26(4)34(48)24(2)22-42(7,53-19-13-14-29-21-30-15-11-12-16-31(30)45-23-29)38(27(5)35(49)28(6)39(51)55-33)56-40-36(50)32(20-25(3)54-40)47(9)18-17-44/h11-16,21,23-28,32-33,36-38,40,50H,10,17-20,22H2,1-9H3,(H,46,52)/b14-13+/t24-,25-,26-,27+,28-,32+,33+,36-,37-,38-,40?,42+,43-/m1/s1. The molecule has 1 amide bonds. The Hall–Kier alpha value is -3.82. The van der Waals surface area contributed by atoms with Crippen LogP contribution in [-0.4, -0.2) is 119 Å². The summed E-state index contributed by atoms with van der Waals surface area (Å²) < 4.78 is 44.8. The van der Waals surface area contributed by atoms with Gasteiger partial charge in [0.05, 0.1) is 36.0 Å². The molecular formula is C43H60FN3O10. The van der Waals surface area contributed by atoms with Gasteiger partial charge in [0, 0.05) is 41.9 Å². The van der Waals surface area contributed by atoms with Crippen molar-refractivity contribution in [2.75, 3.05) is 26.9 Å². The number of para-hydroxylation sites is 1. The number of nitrogens with one attached hydrogen (secondary N) is 1. The molecule has 0 aliphatic carbocycles. The second kappa shape index (κ2) is 18.4. The lowest BCUT2D eigenvalue weighted by Crippen LogP contribution is -2.60. The number of amides is 1. The number of ketones is 2. The van der Waals surface area contributed by atoms with Crippen molar-refractivity contribution in [2.24, 2.45) is 23.7 Å². The highest BCUT2D eigenvalue weighted by atomic mass is 19.1. The van der Waals surface area contributed by atoms with E-state index in [9.17, 15) is 28.7 Å². The summed E-state index contributed by atoms with van der Waals surface area (Å²) in [5, 5.41) is 15.4. The minimum atomic E-state index is -1.42. The molecule has 1 aromatic carbocycles. The number of esters is 1. The fourth-order valence-corrected chi connectivity index (χ4v) is 8.95. The molecule has 0 radical (unpaired) electrons. The van der Waals surface area contributed by atoms with Crippen molar-refractivity contribution in [2.45, 2.75) is 129 Å². The predicted molar refractivity (Wildman–Crippen MR) is 211 cm³/mol. The van der Waals surface area contributed by atoms with Crippen molar-refractivity contribution in [1.29, 1.82) is 0 Å². The molecule has 3 fully saturated rings. The number of benzene rings is 1. The zero-order valence-electron chi connectivity index (χ0n) is 34.6. The Bertz CT molecular complexity index is 1790. The first-order chi connectivity index (χ1) is 26.9. The molecule has 0 saturated carbocycles. The summed E-state index contributed by atoms with van der Waals surface area (Å²) in [6.07, 6.45) is 0.305. The summed E-state index contributed by atoms with van der Waals surface area (Å²) >= 11 is 0. The summed E-state index contributed by atoms with van der Waals surface area (Å²) in [5.41, 5.74) is -1.13. The Labute approximate surface area is 335 Å². The van der Waals surface area contributed by atoms with Crippen LogP contribution in [0.25, 0.3) is 17.0 Å². The molecular weight excluding hydrogens is 737 g/mol. The Balaban J connectivity index is 1.56. The fourth-order valence-electron chi connectivity index (χ4n) is 8.95. The molecule has 57 heavy (non-hydrogen) atoms. The molecule has 13 atom stereocenters. The van der Waals surface area contributed by atoms with Gasteiger partial charge in [-0.15, -0.1) is 0 Å². The zero-order valence-corrected chi connectivity index (χ0v) is 34.6. The second-order valence-electron chi connectivity index (χ2n) is 16.6. The van der Waals surface area contributed by atoms with Gasteiger partial charge in [0.15, 0.2) is 17.7 Å². The first-order valence-corrected chi connectivity index (χ1v) is 20.1. The van der Waals surface area contributed by atoms with Crippen LogP contribution in [0.5, 0.6) is 0 Å². The molecule has 314 valence electrons. The number of carbonyl (C=O) groups is 4. The van der Waals surface area contributed by atoms with E-state index in [2.05, 4.69) is 10.3 Å². The topological polar surface area (TPSA) is 163 Å². The highest BCUT2D eigenvalue weighted by Crippen LogP contribution is 2.40. The first kappa shape index (κ1) is 44.3. The normalized spacial score (nSPS) is 37.2. The van der Waals surface area contributed by atoms with E-state index in [1.165, 1.54) is 6.92 Å². The SMILES string of the molecule is CC[C@@H]1OC(=O)[C@H](C)C(=O)[C@H](C)[C@@H](OC2O[C@H](C)C[C@H](N(C)CCF)[C@H]2O)[C@@](C)(OC/C=C/c2cnc3ccccc3c2)C[C@@H](C)C(=O)[C@@H](C)[C@H]2NC(=O)O[C@]12C. The Morgan fingerprint density at radius 1 is 1.07 bits per heavy atom. The van der Waals surface area contributed by atoms with Gasteiger partial charge in [-0.25, -0.2) is 9.18 Å². The third kappa shape index (κ3) is 9.57. The molecule has 0 bridgehead atoms. The van der Waals surface area contributed by atoms with E-state index in [1.54, 1.807) is 65.8 Å². The van der Waals surface area contributed by atoms with Crippen LogP contribution in [0.15, 0.2) is 42.6 Å². The van der Waals surface area contributed by atoms with Gasteiger partial charge in [0.1, 0.15) is 30.6 Å². The molecule has 2 aromatic rings. The maximum Gasteiger partial charge on any atom is 0.408 e. The maximum absolute atomic E-state index is 14.5. The molecule has 3 aliphatic heterocycles. The molecule has 3 aliphatic rings. The lowest BCUT2D eigenvalue weighted by Gasteiger charge is -2.47. The quantitative estimate of drug-likeness (QED) is 0.231. The summed E-state index contributed by atoms with van der Waals surface area (Å²) in [6, 6.07) is 8.38. The molecule has 13 nitrogen and oxygen atoms in total. The van der Waals surface area contributed by atoms with Crippen molar-refractivity contribution in [3.8, 4) is 0 Å². The molecule has 1 unspecified atom stereocenters. The Kier molecular flexibility index (Phi) is 14.3. The number of cyclic esters (lactones) is 1. The van der Waals surface area contributed by atoms with Crippen molar-refractivity contribution < 1.29 is 52.4 Å². The molecule has 3 saturated heterocycles. The largest absolute Gasteiger partial charge is 0.458 e. The molecule has 1 aromatic heterocycles. The molecule has 4 heterocycles. The van der Waals surface area contributed by atoms with Crippen LogP contribution in [0, 0.1) is 23.7 Å². The molecule has 0 spiro atoms. The first-order valence-electron chi connectivity index (χ1n) is 20.1. The smallest absolute Gasteiger partial charge is 0.408 e. The lowest BCUT2D eigenvalue weighted by atomic mass is 9.73. The third-order valence-electron chi connectivity index (χ3n) is 12.2. The summed E-state index contributed by atoms with van der Waals surface area (Å²) in [5.74, 6) is -5.40. The number of fused-ring (bicyclic) bond motifs is 2. The number of alkyl carbamates (subject to hydrolysis) is 1. The number of pyridine rings is 1. The van der Waals surface area contributed by atoms with Gasteiger partial charge in [0.25, 0.3) is 0 Å². The van der Waals surface area contributed by atoms with Crippen molar-refractivity contribution >= 4 is 40.6 Å². The lowest BCUT2D eigenvalue weighted by molar-refractivity contribution is -0.297. The van der Waals surface area contributed by atoms with Crippen LogP contribution in [0.2, 0.25) is 0 Å². The predicted octanol–water partition coefficient (Wildman–Crippen LogP) is 5.45. The fraction of sp³-hybridized carbons (Fsp3) is 0.651. The Morgan fingerprint density at radius 2 is 1.79 bits per heavy atom. The van der Waals surface area contributed by atoms with Gasteiger partial charge >= 0.3 is 12.1 Å². The van der Waals surface area contributed by atoms with E-state index in [0.29, 0.717) is 6.42 Å². The average molecular weight is 798 g/mol. The van der Waals surface area contributed by atoms with Gasteiger partial charge in [0.2, 0.25) is 0 Å². The minimum absolute atomic E-state index is 0.0211. The van der Waals surface area contributed by atoms with E-state index in [4.69, 9.17) is 23.7 Å². The van der Waals surface area contributed by atoms with E-state index in [0.717, 1.165) is 16.5 Å². The van der Waals surface area contributed by atoms with Crippen LogP contribution in [0.1, 0.15) is 80.2 Å². The van der Waals surface area contributed by atoms with Gasteiger partial charge in [-0.2, -0.15) is 0 Å². The number of aliphatic hydroxyl groups excluding tert-OH is 1. The number of halogens is 1. The van der Waals surface area contributed by atoms with E-state index >= 15 is 0 Å². The zero-order chi connectivity index (χ0) is 41.8. The molecule has 5 rings (SSSR count). The highest BCUT2D eigenvalue weighted by Gasteiger charge is 2.57. The van der Waals surface area contributed by atoms with Crippen LogP contribution in [-0.2, 0) is 38.1 Å². The third-order valence-corrected chi connectivity index (χ3v) is 12.2. The van der Waals surface area contributed by atoms with E-state index in [1.807, 2.05) is 43.3 Å². The van der Waals surface area contributed by atoms with Crippen molar-refractivity contribution in [3.05, 3.63) is 48.2 Å². The Morgan fingerprint density at radius 3 is 2.49 bits per heavy atom. The maximum atomic E-state index is 14.5. The number of aromatic nitrogens is 1. The number of alkyl halides is 1. The number of ether oxygens (including phenoxy) is 5. The van der Waals surface area contributed by atoms with Gasteiger partial charge in [-0.3, -0.25) is 24.3 Å². The summed E-state index contributed by atoms with van der Waals surface area (Å²) in [6.45, 7) is 13.0. The number of hydrogen-bond acceptors (Lipinski definition) is 12. The average Bonchev–Trinajstić information content (AvgIpc) is 3.50. The van der Waals surface area contributed by atoms with Gasteiger partial charge in [-0.1, -0.05) is 58.0 Å².